The maximum absolute atomic E-state index is 12.1. The van der Waals surface area contributed by atoms with Crippen LogP contribution < -0.4 is 4.90 Å². The summed E-state index contributed by atoms with van der Waals surface area (Å²) in [5, 5.41) is 0. The molecule has 1 aromatic carbocycles. The molecule has 1 amide bonds. The molecule has 2 saturated heterocycles. The van der Waals surface area contributed by atoms with Crippen molar-refractivity contribution in [1.29, 1.82) is 0 Å². The van der Waals surface area contributed by atoms with Crippen LogP contribution in [0.3, 0.4) is 0 Å². The van der Waals surface area contributed by atoms with E-state index >= 15 is 0 Å². The van der Waals surface area contributed by atoms with Crippen LogP contribution in [0.5, 0.6) is 0 Å². The Balaban J connectivity index is 1.50. The van der Waals surface area contributed by atoms with Crippen molar-refractivity contribution in [3.63, 3.8) is 0 Å². The van der Waals surface area contributed by atoms with E-state index < -0.39 is 0 Å². The molecule has 0 saturated carbocycles. The average Bonchev–Trinajstić information content (AvgIpc) is 2.44. The van der Waals surface area contributed by atoms with E-state index in [4.69, 9.17) is 4.74 Å². The summed E-state index contributed by atoms with van der Waals surface area (Å²) in [7, 11) is 0. The molecule has 2 aliphatic heterocycles. The first-order chi connectivity index (χ1) is 9.33. The molecule has 0 radical (unpaired) electrons. The second kappa shape index (κ2) is 5.61. The molecule has 2 fully saturated rings. The van der Waals surface area contributed by atoms with Gasteiger partial charge in [-0.25, -0.2) is 0 Å². The van der Waals surface area contributed by atoms with Gasteiger partial charge in [-0.15, -0.1) is 0 Å². The summed E-state index contributed by atoms with van der Waals surface area (Å²) < 4.78 is 5.12. The lowest BCUT2D eigenvalue weighted by atomic mass is 10.0. The number of piperazine rings is 1. The number of nitrogens with zero attached hydrogens (tertiary/aromatic N) is 2. The zero-order chi connectivity index (χ0) is 13.1. The molecule has 0 spiro atoms. The van der Waals surface area contributed by atoms with Gasteiger partial charge in [0, 0.05) is 44.2 Å². The highest BCUT2D eigenvalue weighted by Crippen LogP contribution is 2.19. The van der Waals surface area contributed by atoms with Crippen LogP contribution >= 0.6 is 0 Å². The number of para-hydroxylation sites is 1. The van der Waals surface area contributed by atoms with Crippen LogP contribution in [0, 0.1) is 5.92 Å². The molecule has 4 heteroatoms. The Kier molecular flexibility index (Phi) is 3.69. The fraction of sp³-hybridized carbons (Fsp3) is 0.533. The Morgan fingerprint density at radius 3 is 2.37 bits per heavy atom. The number of amides is 1. The number of hydrogen-bond acceptors (Lipinski definition) is 3. The summed E-state index contributed by atoms with van der Waals surface area (Å²) >= 11 is 0. The Hall–Kier alpha value is -1.55. The molecule has 0 atom stereocenters. The van der Waals surface area contributed by atoms with Crippen LogP contribution in [-0.2, 0) is 9.53 Å². The lowest BCUT2D eigenvalue weighted by Gasteiger charge is -2.37. The Labute approximate surface area is 113 Å². The molecule has 0 aliphatic carbocycles. The van der Waals surface area contributed by atoms with Gasteiger partial charge in [0.25, 0.3) is 0 Å². The SMILES string of the molecule is O=C(CC1COC1)N1CCN(c2ccccc2)CC1. The minimum atomic E-state index is 0.293. The van der Waals surface area contributed by atoms with Gasteiger partial charge >= 0.3 is 0 Å². The van der Waals surface area contributed by atoms with Gasteiger partial charge in [-0.05, 0) is 12.1 Å². The third-order valence-corrected chi connectivity index (χ3v) is 3.92. The number of benzene rings is 1. The lowest BCUT2D eigenvalue weighted by Crippen LogP contribution is -2.49. The topological polar surface area (TPSA) is 32.8 Å². The monoisotopic (exact) mass is 260 g/mol. The van der Waals surface area contributed by atoms with Crippen LogP contribution in [0.25, 0.3) is 0 Å². The summed E-state index contributed by atoms with van der Waals surface area (Å²) in [6, 6.07) is 10.4. The standard InChI is InChI=1S/C15H20N2O2/c18-15(10-13-11-19-12-13)17-8-6-16(7-9-17)14-4-2-1-3-5-14/h1-5,13H,6-12H2. The van der Waals surface area contributed by atoms with Crippen molar-refractivity contribution in [2.45, 2.75) is 6.42 Å². The molecular formula is C15H20N2O2. The van der Waals surface area contributed by atoms with E-state index in [1.54, 1.807) is 0 Å². The minimum Gasteiger partial charge on any atom is -0.381 e. The number of hydrogen-bond donors (Lipinski definition) is 0. The van der Waals surface area contributed by atoms with Crippen LogP contribution in [0.1, 0.15) is 6.42 Å². The maximum atomic E-state index is 12.1. The highest BCUT2D eigenvalue weighted by Gasteiger charge is 2.26. The van der Waals surface area contributed by atoms with E-state index in [2.05, 4.69) is 29.2 Å². The molecule has 0 unspecified atom stereocenters. The quantitative estimate of drug-likeness (QED) is 0.823. The molecule has 1 aromatic rings. The molecule has 0 bridgehead atoms. The second-order valence-corrected chi connectivity index (χ2v) is 5.31. The Morgan fingerprint density at radius 1 is 1.11 bits per heavy atom. The Bertz CT molecular complexity index is 423. The summed E-state index contributed by atoms with van der Waals surface area (Å²) in [6.45, 7) is 5.04. The number of carbonyl (C=O) groups excluding carboxylic acids is 1. The number of anilines is 1. The van der Waals surface area contributed by atoms with Gasteiger partial charge < -0.3 is 14.5 Å². The smallest absolute Gasteiger partial charge is 0.223 e. The maximum Gasteiger partial charge on any atom is 0.223 e. The number of ether oxygens (including phenoxy) is 1. The normalized spacial score (nSPS) is 20.2. The van der Waals surface area contributed by atoms with Gasteiger partial charge in [-0.3, -0.25) is 4.79 Å². The van der Waals surface area contributed by atoms with Gasteiger partial charge in [-0.1, -0.05) is 18.2 Å². The van der Waals surface area contributed by atoms with Crippen molar-refractivity contribution < 1.29 is 9.53 Å². The van der Waals surface area contributed by atoms with E-state index in [1.165, 1.54) is 5.69 Å². The van der Waals surface area contributed by atoms with E-state index in [0.717, 1.165) is 39.4 Å². The zero-order valence-electron chi connectivity index (χ0n) is 11.1. The van der Waals surface area contributed by atoms with E-state index in [9.17, 15) is 4.79 Å². The van der Waals surface area contributed by atoms with Crippen molar-refractivity contribution in [3.8, 4) is 0 Å². The molecule has 102 valence electrons. The van der Waals surface area contributed by atoms with Crippen molar-refractivity contribution in [2.75, 3.05) is 44.3 Å². The molecule has 0 aromatic heterocycles. The molecule has 4 nitrogen and oxygen atoms in total. The van der Waals surface area contributed by atoms with Crippen molar-refractivity contribution in [1.82, 2.24) is 4.90 Å². The van der Waals surface area contributed by atoms with Gasteiger partial charge in [-0.2, -0.15) is 0 Å². The van der Waals surface area contributed by atoms with Crippen molar-refractivity contribution in [3.05, 3.63) is 30.3 Å². The molecule has 3 rings (SSSR count). The first kappa shape index (κ1) is 12.5. The van der Waals surface area contributed by atoms with Crippen LogP contribution in [0.15, 0.2) is 30.3 Å². The fourth-order valence-electron chi connectivity index (χ4n) is 2.63. The second-order valence-electron chi connectivity index (χ2n) is 5.31. The Morgan fingerprint density at radius 2 is 1.79 bits per heavy atom. The summed E-state index contributed by atoms with van der Waals surface area (Å²) in [5.74, 6) is 0.751. The van der Waals surface area contributed by atoms with Gasteiger partial charge in [0.05, 0.1) is 13.2 Å². The predicted molar refractivity (Wildman–Crippen MR) is 74.2 cm³/mol. The zero-order valence-corrected chi connectivity index (χ0v) is 11.1. The fourth-order valence-corrected chi connectivity index (χ4v) is 2.63. The summed E-state index contributed by atoms with van der Waals surface area (Å²) in [6.07, 6.45) is 0.658. The summed E-state index contributed by atoms with van der Waals surface area (Å²) in [4.78, 5) is 16.4. The highest BCUT2D eigenvalue weighted by molar-refractivity contribution is 5.77. The first-order valence-electron chi connectivity index (χ1n) is 6.98. The van der Waals surface area contributed by atoms with Gasteiger partial charge in [0.2, 0.25) is 5.91 Å². The highest BCUT2D eigenvalue weighted by atomic mass is 16.5. The van der Waals surface area contributed by atoms with Crippen molar-refractivity contribution >= 4 is 11.6 Å². The van der Waals surface area contributed by atoms with E-state index in [0.29, 0.717) is 18.2 Å². The van der Waals surface area contributed by atoms with E-state index in [1.807, 2.05) is 11.0 Å². The molecule has 2 heterocycles. The van der Waals surface area contributed by atoms with Crippen LogP contribution in [-0.4, -0.2) is 50.2 Å². The average molecular weight is 260 g/mol. The first-order valence-corrected chi connectivity index (χ1v) is 6.98. The van der Waals surface area contributed by atoms with Gasteiger partial charge in [0.1, 0.15) is 0 Å². The predicted octanol–water partition coefficient (Wildman–Crippen LogP) is 1.37. The largest absolute Gasteiger partial charge is 0.381 e. The molecule has 2 aliphatic rings. The molecule has 19 heavy (non-hydrogen) atoms. The lowest BCUT2D eigenvalue weighted by molar-refractivity contribution is -0.136. The van der Waals surface area contributed by atoms with E-state index in [-0.39, 0.29) is 0 Å². The van der Waals surface area contributed by atoms with Crippen LogP contribution in [0.2, 0.25) is 0 Å². The third kappa shape index (κ3) is 2.89. The number of carbonyl (C=O) groups is 1. The van der Waals surface area contributed by atoms with Gasteiger partial charge in [0.15, 0.2) is 0 Å². The molecule has 0 N–H and O–H groups in total. The minimum absolute atomic E-state index is 0.293. The van der Waals surface area contributed by atoms with Crippen molar-refractivity contribution in [2.24, 2.45) is 5.92 Å². The number of rotatable bonds is 3. The van der Waals surface area contributed by atoms with Crippen LogP contribution in [0.4, 0.5) is 5.69 Å². The molecular weight excluding hydrogens is 240 g/mol. The third-order valence-electron chi connectivity index (χ3n) is 3.92. The summed E-state index contributed by atoms with van der Waals surface area (Å²) in [5.41, 5.74) is 1.25.